The number of likely N-dealkylation sites (tertiary alicyclic amines) is 1. The van der Waals surface area contributed by atoms with E-state index < -0.39 is 10.0 Å². The Hall–Kier alpha value is -2.87. The Balaban J connectivity index is 1.51. The van der Waals surface area contributed by atoms with E-state index in [4.69, 9.17) is 4.74 Å². The molecule has 0 bridgehead atoms. The molecule has 0 radical (unpaired) electrons. The van der Waals surface area contributed by atoms with Crippen LogP contribution in [0.25, 0.3) is 0 Å². The van der Waals surface area contributed by atoms with Crippen molar-refractivity contribution in [3.05, 3.63) is 90.5 Å². The highest BCUT2D eigenvalue weighted by atomic mass is 32.2. The molecule has 1 aliphatic heterocycles. The van der Waals surface area contributed by atoms with Crippen LogP contribution in [0, 0.1) is 0 Å². The van der Waals surface area contributed by atoms with Gasteiger partial charge in [-0.1, -0.05) is 54.6 Å². The van der Waals surface area contributed by atoms with Crippen molar-refractivity contribution < 1.29 is 18.3 Å². The van der Waals surface area contributed by atoms with Crippen molar-refractivity contribution in [1.82, 2.24) is 4.90 Å². The van der Waals surface area contributed by atoms with Gasteiger partial charge in [0.25, 0.3) is 10.0 Å². The van der Waals surface area contributed by atoms with Gasteiger partial charge in [0, 0.05) is 25.2 Å². The number of para-hydroxylation sites is 2. The van der Waals surface area contributed by atoms with E-state index in [9.17, 15) is 13.5 Å². The van der Waals surface area contributed by atoms with Crippen LogP contribution in [0.2, 0.25) is 0 Å². The summed E-state index contributed by atoms with van der Waals surface area (Å²) in [5, 5.41) is 9.67. The predicted octanol–water partition coefficient (Wildman–Crippen LogP) is 3.92. The molecule has 1 atom stereocenters. The number of β-amino-alcohol motifs (C(OH)–C–C–N with tert-alkyl or cyclic N) is 1. The van der Waals surface area contributed by atoms with Gasteiger partial charge < -0.3 is 14.7 Å². The molecule has 0 aliphatic carbocycles. The van der Waals surface area contributed by atoms with E-state index in [1.807, 2.05) is 42.5 Å². The van der Waals surface area contributed by atoms with Gasteiger partial charge in [0.05, 0.1) is 29.8 Å². The molecule has 174 valence electrons. The largest absolute Gasteiger partial charge is 0.493 e. The topological polar surface area (TPSA) is 70.1 Å². The highest BCUT2D eigenvalue weighted by molar-refractivity contribution is 7.92. The molecule has 0 amide bonds. The summed E-state index contributed by atoms with van der Waals surface area (Å²) in [6.45, 7) is 3.20. The maximum atomic E-state index is 13.5. The van der Waals surface area contributed by atoms with Crippen LogP contribution in [0.4, 0.5) is 5.69 Å². The second kappa shape index (κ2) is 10.8. The van der Waals surface area contributed by atoms with E-state index in [0.29, 0.717) is 18.0 Å². The normalized spacial score (nSPS) is 16.6. The molecule has 0 spiro atoms. The number of anilines is 1. The van der Waals surface area contributed by atoms with E-state index in [-0.39, 0.29) is 17.5 Å². The molecule has 3 aromatic rings. The lowest BCUT2D eigenvalue weighted by Crippen LogP contribution is -2.30. The molecular weight excluding hydrogens is 436 g/mol. The molecule has 1 saturated heterocycles. The first-order valence-electron chi connectivity index (χ1n) is 11.3. The molecule has 3 aromatic carbocycles. The van der Waals surface area contributed by atoms with Crippen LogP contribution < -0.4 is 9.04 Å². The Morgan fingerprint density at radius 2 is 1.61 bits per heavy atom. The third-order valence-corrected chi connectivity index (χ3v) is 7.57. The number of sulfonamides is 1. The first kappa shape index (κ1) is 23.3. The quantitative estimate of drug-likeness (QED) is 0.459. The molecule has 6 nitrogen and oxygen atoms in total. The summed E-state index contributed by atoms with van der Waals surface area (Å²) >= 11 is 0. The number of ether oxygens (including phenoxy) is 1. The van der Waals surface area contributed by atoms with Gasteiger partial charge >= 0.3 is 0 Å². The van der Waals surface area contributed by atoms with Crippen molar-refractivity contribution in [3.63, 3.8) is 0 Å². The molecular formula is C26H30N2O4S. The SMILES string of the molecule is O=S(=O)(c1ccccc1)N(Cc1ccccc1OCCCN1CCC(O)C1)c1ccccc1. The molecule has 0 aromatic heterocycles. The minimum absolute atomic E-state index is 0.162. The molecule has 0 saturated carbocycles. The number of rotatable bonds is 10. The van der Waals surface area contributed by atoms with Gasteiger partial charge in [0.15, 0.2) is 0 Å². The summed E-state index contributed by atoms with van der Waals surface area (Å²) in [5.74, 6) is 0.683. The molecule has 1 aliphatic rings. The fourth-order valence-corrected chi connectivity index (χ4v) is 5.51. The van der Waals surface area contributed by atoms with Gasteiger partial charge in [-0.25, -0.2) is 8.42 Å². The molecule has 4 rings (SSSR count). The van der Waals surface area contributed by atoms with Gasteiger partial charge in [-0.2, -0.15) is 0 Å². The van der Waals surface area contributed by atoms with Crippen molar-refractivity contribution >= 4 is 15.7 Å². The average molecular weight is 467 g/mol. The zero-order chi connectivity index (χ0) is 23.1. The van der Waals surface area contributed by atoms with Crippen LogP contribution in [0.5, 0.6) is 5.75 Å². The van der Waals surface area contributed by atoms with Crippen LogP contribution in [0.1, 0.15) is 18.4 Å². The third-order valence-electron chi connectivity index (χ3n) is 5.79. The first-order chi connectivity index (χ1) is 16.0. The summed E-state index contributed by atoms with van der Waals surface area (Å²) in [6, 6.07) is 25.2. The zero-order valence-electron chi connectivity index (χ0n) is 18.6. The predicted molar refractivity (Wildman–Crippen MR) is 130 cm³/mol. The van der Waals surface area contributed by atoms with Crippen LogP contribution in [0.15, 0.2) is 89.8 Å². The second-order valence-electron chi connectivity index (χ2n) is 8.21. The van der Waals surface area contributed by atoms with Crippen molar-refractivity contribution in [3.8, 4) is 5.75 Å². The Morgan fingerprint density at radius 1 is 0.939 bits per heavy atom. The van der Waals surface area contributed by atoms with Crippen LogP contribution in [0.3, 0.4) is 0 Å². The van der Waals surface area contributed by atoms with Gasteiger partial charge in [-0.05, 0) is 43.2 Å². The minimum atomic E-state index is -3.76. The molecule has 33 heavy (non-hydrogen) atoms. The van der Waals surface area contributed by atoms with E-state index in [1.54, 1.807) is 42.5 Å². The first-order valence-corrected chi connectivity index (χ1v) is 12.7. The lowest BCUT2D eigenvalue weighted by molar-refractivity contribution is 0.173. The van der Waals surface area contributed by atoms with Crippen LogP contribution >= 0.6 is 0 Å². The number of benzene rings is 3. The number of nitrogens with zero attached hydrogens (tertiary/aromatic N) is 2. The third kappa shape index (κ3) is 5.93. The van der Waals surface area contributed by atoms with Gasteiger partial charge in [0.1, 0.15) is 5.75 Å². The Bertz CT molecular complexity index is 1120. The summed E-state index contributed by atoms with van der Waals surface area (Å²) in [4.78, 5) is 2.49. The average Bonchev–Trinajstić information content (AvgIpc) is 3.27. The van der Waals surface area contributed by atoms with Crippen LogP contribution in [-0.4, -0.2) is 50.8 Å². The lowest BCUT2D eigenvalue weighted by atomic mass is 10.2. The molecule has 1 fully saturated rings. The summed E-state index contributed by atoms with van der Waals surface area (Å²) in [7, 11) is -3.76. The second-order valence-corrected chi connectivity index (χ2v) is 10.1. The van der Waals surface area contributed by atoms with Crippen molar-refractivity contribution in [1.29, 1.82) is 0 Å². The van der Waals surface area contributed by atoms with E-state index in [1.165, 1.54) is 4.31 Å². The molecule has 7 heteroatoms. The molecule has 1 unspecified atom stereocenters. The standard InChI is InChI=1S/C26H30N2O4S/c29-24-16-18-27(21-24)17-9-19-32-26-15-8-7-10-22(26)20-28(23-11-3-1-4-12-23)33(30,31)25-13-5-2-6-14-25/h1-8,10-15,24,29H,9,16-21H2. The zero-order valence-corrected chi connectivity index (χ0v) is 19.4. The monoisotopic (exact) mass is 466 g/mol. The fourth-order valence-electron chi connectivity index (χ4n) is 4.04. The molecule has 1 heterocycles. The Morgan fingerprint density at radius 3 is 2.30 bits per heavy atom. The summed E-state index contributed by atoms with van der Waals surface area (Å²) in [5.41, 5.74) is 1.40. The van der Waals surface area contributed by atoms with Crippen molar-refractivity contribution in [2.45, 2.75) is 30.4 Å². The van der Waals surface area contributed by atoms with Gasteiger partial charge in [-0.15, -0.1) is 0 Å². The molecule has 1 N–H and O–H groups in total. The summed E-state index contributed by atoms with van der Waals surface area (Å²) in [6.07, 6.45) is 1.45. The Labute approximate surface area is 196 Å². The number of aliphatic hydroxyl groups excluding tert-OH is 1. The van der Waals surface area contributed by atoms with E-state index in [2.05, 4.69) is 4.90 Å². The highest BCUT2D eigenvalue weighted by Crippen LogP contribution is 2.29. The van der Waals surface area contributed by atoms with E-state index in [0.717, 1.165) is 38.0 Å². The number of hydrogen-bond acceptors (Lipinski definition) is 5. The van der Waals surface area contributed by atoms with Crippen LogP contribution in [-0.2, 0) is 16.6 Å². The van der Waals surface area contributed by atoms with Gasteiger partial charge in [-0.3, -0.25) is 4.31 Å². The minimum Gasteiger partial charge on any atom is -0.493 e. The van der Waals surface area contributed by atoms with E-state index >= 15 is 0 Å². The highest BCUT2D eigenvalue weighted by Gasteiger charge is 2.26. The summed E-state index contributed by atoms with van der Waals surface area (Å²) < 4.78 is 34.6. The number of aliphatic hydroxyl groups is 1. The van der Waals surface area contributed by atoms with Crippen molar-refractivity contribution in [2.75, 3.05) is 30.5 Å². The smallest absolute Gasteiger partial charge is 0.264 e. The maximum Gasteiger partial charge on any atom is 0.264 e. The van der Waals surface area contributed by atoms with Gasteiger partial charge in [0.2, 0.25) is 0 Å². The fraction of sp³-hybridized carbons (Fsp3) is 0.308. The number of hydrogen-bond donors (Lipinski definition) is 1. The Kier molecular flexibility index (Phi) is 7.65. The van der Waals surface area contributed by atoms with Crippen molar-refractivity contribution in [2.24, 2.45) is 0 Å². The maximum absolute atomic E-state index is 13.5. The lowest BCUT2D eigenvalue weighted by Gasteiger charge is -2.25.